The second kappa shape index (κ2) is 7.86. The summed E-state index contributed by atoms with van der Waals surface area (Å²) in [5.74, 6) is 2.66. The zero-order chi connectivity index (χ0) is 21.2. The van der Waals surface area contributed by atoms with Crippen molar-refractivity contribution in [1.29, 1.82) is 0 Å². The number of benzene rings is 2. The van der Waals surface area contributed by atoms with Crippen molar-refractivity contribution in [3.8, 4) is 23.0 Å². The fraction of sp³-hybridized carbons (Fsp3) is 0.200. The molecule has 0 unspecified atom stereocenters. The smallest absolute Gasteiger partial charge is 0.329 e. The molecule has 0 fully saturated rings. The molecule has 0 spiro atoms. The summed E-state index contributed by atoms with van der Waals surface area (Å²) >= 11 is 0. The maximum Gasteiger partial charge on any atom is 0.329 e. The molecule has 2 aliphatic heterocycles. The van der Waals surface area contributed by atoms with E-state index in [-0.39, 0.29) is 17.5 Å². The molecule has 0 bridgehead atoms. The normalized spacial score (nSPS) is 13.9. The average Bonchev–Trinajstić information content (AvgIpc) is 2.79. The lowest BCUT2D eigenvalue weighted by Crippen LogP contribution is -2.15. The van der Waals surface area contributed by atoms with Gasteiger partial charge in [0.25, 0.3) is 0 Å². The minimum Gasteiger partial charge on any atom is -0.486 e. The maximum absolute atomic E-state index is 11.5. The van der Waals surface area contributed by atoms with Crippen LogP contribution in [0.15, 0.2) is 42.6 Å². The van der Waals surface area contributed by atoms with E-state index in [1.165, 1.54) is 0 Å². The van der Waals surface area contributed by atoms with Gasteiger partial charge in [-0.25, -0.2) is 4.98 Å². The molecule has 0 radical (unpaired) electrons. The number of hydrogen-bond donors (Lipinski definition) is 2. The SMILES string of the molecule is O=[N+]([O-])c1cnc(Nc2ccc3c(c2)OCCO3)nc1Nc1ccc2c(c1)OCCO2. The first-order valence-electron chi connectivity index (χ1n) is 9.50. The number of nitro groups is 1. The van der Waals surface area contributed by atoms with Crippen LogP contribution >= 0.6 is 0 Å². The lowest BCUT2D eigenvalue weighted by atomic mass is 10.2. The Balaban J connectivity index is 1.42. The van der Waals surface area contributed by atoms with E-state index in [0.29, 0.717) is 60.8 Å². The first kappa shape index (κ1) is 18.7. The summed E-state index contributed by atoms with van der Waals surface area (Å²) in [5, 5.41) is 17.5. The summed E-state index contributed by atoms with van der Waals surface area (Å²) < 4.78 is 22.1. The van der Waals surface area contributed by atoms with Crippen molar-refractivity contribution >= 4 is 28.8 Å². The van der Waals surface area contributed by atoms with Crippen LogP contribution in [-0.2, 0) is 0 Å². The molecule has 2 aliphatic rings. The number of nitrogens with one attached hydrogen (secondary N) is 2. The fourth-order valence-electron chi connectivity index (χ4n) is 3.17. The van der Waals surface area contributed by atoms with Crippen molar-refractivity contribution in [2.24, 2.45) is 0 Å². The highest BCUT2D eigenvalue weighted by atomic mass is 16.6. The zero-order valence-corrected chi connectivity index (χ0v) is 16.2. The van der Waals surface area contributed by atoms with Gasteiger partial charge in [-0.3, -0.25) is 10.1 Å². The summed E-state index contributed by atoms with van der Waals surface area (Å²) in [6, 6.07) is 10.5. The van der Waals surface area contributed by atoms with Gasteiger partial charge in [-0.2, -0.15) is 4.98 Å². The van der Waals surface area contributed by atoms with E-state index >= 15 is 0 Å². The summed E-state index contributed by atoms with van der Waals surface area (Å²) in [4.78, 5) is 19.3. The summed E-state index contributed by atoms with van der Waals surface area (Å²) in [7, 11) is 0. The first-order chi connectivity index (χ1) is 15.2. The van der Waals surface area contributed by atoms with E-state index in [0.717, 1.165) is 6.20 Å². The number of fused-ring (bicyclic) bond motifs is 2. The van der Waals surface area contributed by atoms with Gasteiger partial charge in [0.1, 0.15) is 32.6 Å². The molecule has 11 heteroatoms. The molecule has 3 aromatic rings. The third-order valence-electron chi connectivity index (χ3n) is 4.57. The Morgan fingerprint density at radius 3 is 1.94 bits per heavy atom. The number of aromatic nitrogens is 2. The predicted octanol–water partition coefficient (Wildman–Crippen LogP) is 3.41. The van der Waals surface area contributed by atoms with Crippen LogP contribution in [0.2, 0.25) is 0 Å². The molecule has 2 aromatic carbocycles. The maximum atomic E-state index is 11.5. The molecule has 0 aliphatic carbocycles. The van der Waals surface area contributed by atoms with Gasteiger partial charge < -0.3 is 29.6 Å². The summed E-state index contributed by atoms with van der Waals surface area (Å²) in [5.41, 5.74) is 0.960. The molecule has 1 aromatic heterocycles. The van der Waals surface area contributed by atoms with Crippen molar-refractivity contribution in [2.45, 2.75) is 0 Å². The zero-order valence-electron chi connectivity index (χ0n) is 16.2. The van der Waals surface area contributed by atoms with Crippen molar-refractivity contribution in [3.63, 3.8) is 0 Å². The van der Waals surface area contributed by atoms with E-state index in [2.05, 4.69) is 20.6 Å². The first-order valence-corrected chi connectivity index (χ1v) is 9.50. The topological polar surface area (TPSA) is 130 Å². The second-order valence-corrected chi connectivity index (χ2v) is 6.65. The fourth-order valence-corrected chi connectivity index (χ4v) is 3.17. The Kier molecular flexibility index (Phi) is 4.75. The standard InChI is InChI=1S/C20H17N5O6/c26-25(27)14-11-21-20(23-13-2-4-16-18(10-13)31-8-6-29-16)24-19(14)22-12-1-3-15-17(9-12)30-7-5-28-15/h1-4,9-11H,5-8H2,(H2,21,22,23,24). The Labute approximate surface area is 176 Å². The molecule has 158 valence electrons. The Bertz CT molecular complexity index is 1150. The van der Waals surface area contributed by atoms with Gasteiger partial charge in [0.15, 0.2) is 23.0 Å². The van der Waals surface area contributed by atoms with Crippen LogP contribution in [0.1, 0.15) is 0 Å². The minimum absolute atomic E-state index is 0.0386. The van der Waals surface area contributed by atoms with E-state index in [9.17, 15) is 10.1 Å². The van der Waals surface area contributed by atoms with Crippen LogP contribution in [0.5, 0.6) is 23.0 Å². The van der Waals surface area contributed by atoms with Crippen molar-refractivity contribution in [1.82, 2.24) is 9.97 Å². The van der Waals surface area contributed by atoms with Crippen LogP contribution < -0.4 is 29.6 Å². The average molecular weight is 423 g/mol. The van der Waals surface area contributed by atoms with Crippen LogP contribution in [0.4, 0.5) is 28.8 Å². The molecular weight excluding hydrogens is 406 g/mol. The molecule has 0 amide bonds. The van der Waals surface area contributed by atoms with E-state index in [1.807, 2.05) is 0 Å². The van der Waals surface area contributed by atoms with E-state index < -0.39 is 4.92 Å². The Morgan fingerprint density at radius 2 is 1.35 bits per heavy atom. The van der Waals surface area contributed by atoms with Gasteiger partial charge in [0.2, 0.25) is 11.8 Å². The number of ether oxygens (including phenoxy) is 4. The monoisotopic (exact) mass is 423 g/mol. The highest BCUT2D eigenvalue weighted by molar-refractivity contribution is 5.69. The quantitative estimate of drug-likeness (QED) is 0.465. The van der Waals surface area contributed by atoms with Crippen molar-refractivity contribution in [3.05, 3.63) is 52.7 Å². The number of nitrogens with zero attached hydrogens (tertiary/aromatic N) is 3. The lowest BCUT2D eigenvalue weighted by molar-refractivity contribution is -0.384. The van der Waals surface area contributed by atoms with E-state index in [1.54, 1.807) is 36.4 Å². The molecule has 0 saturated heterocycles. The third kappa shape index (κ3) is 3.92. The van der Waals surface area contributed by atoms with Crippen molar-refractivity contribution < 1.29 is 23.9 Å². The van der Waals surface area contributed by atoms with Gasteiger partial charge in [-0.1, -0.05) is 0 Å². The lowest BCUT2D eigenvalue weighted by Gasteiger charge is -2.19. The highest BCUT2D eigenvalue weighted by Crippen LogP contribution is 2.36. The van der Waals surface area contributed by atoms with Crippen molar-refractivity contribution in [2.75, 3.05) is 37.1 Å². The molecule has 31 heavy (non-hydrogen) atoms. The predicted molar refractivity (Wildman–Crippen MR) is 110 cm³/mol. The van der Waals surface area contributed by atoms with Crippen LogP contribution in [0, 0.1) is 10.1 Å². The molecule has 11 nitrogen and oxygen atoms in total. The van der Waals surface area contributed by atoms with E-state index in [4.69, 9.17) is 18.9 Å². The largest absolute Gasteiger partial charge is 0.486 e. The summed E-state index contributed by atoms with van der Waals surface area (Å²) in [6.45, 7) is 1.88. The molecular formula is C20H17N5O6. The number of anilines is 4. The van der Waals surface area contributed by atoms with Crippen LogP contribution in [0.3, 0.4) is 0 Å². The number of hydrogen-bond acceptors (Lipinski definition) is 10. The Hall–Kier alpha value is -4.28. The van der Waals surface area contributed by atoms with Crippen LogP contribution in [-0.4, -0.2) is 41.3 Å². The van der Waals surface area contributed by atoms with Gasteiger partial charge in [-0.15, -0.1) is 0 Å². The summed E-state index contributed by atoms with van der Waals surface area (Å²) in [6.07, 6.45) is 1.15. The minimum atomic E-state index is -0.547. The second-order valence-electron chi connectivity index (χ2n) is 6.65. The molecule has 5 rings (SSSR count). The Morgan fingerprint density at radius 1 is 0.806 bits per heavy atom. The van der Waals surface area contributed by atoms with Gasteiger partial charge in [-0.05, 0) is 24.3 Å². The van der Waals surface area contributed by atoms with Gasteiger partial charge in [0, 0.05) is 23.5 Å². The molecule has 0 atom stereocenters. The van der Waals surface area contributed by atoms with Gasteiger partial charge in [0.05, 0.1) is 4.92 Å². The van der Waals surface area contributed by atoms with Crippen LogP contribution in [0.25, 0.3) is 0 Å². The number of rotatable bonds is 5. The highest BCUT2D eigenvalue weighted by Gasteiger charge is 2.20. The molecule has 2 N–H and O–H groups in total. The molecule has 0 saturated carbocycles. The third-order valence-corrected chi connectivity index (χ3v) is 4.57. The van der Waals surface area contributed by atoms with Gasteiger partial charge >= 0.3 is 5.69 Å². The molecule has 3 heterocycles.